The molecule has 0 atom stereocenters. The van der Waals surface area contributed by atoms with Crippen molar-refractivity contribution in [1.82, 2.24) is 0 Å². The fraction of sp³-hybridized carbons (Fsp3) is 0.957. The molecule has 0 amide bonds. The van der Waals surface area contributed by atoms with E-state index in [1.807, 2.05) is 13.8 Å². The van der Waals surface area contributed by atoms with Gasteiger partial charge in [0.15, 0.2) is 0 Å². The monoisotopic (exact) mass is 348 g/mol. The van der Waals surface area contributed by atoms with Crippen LogP contribution in [0, 0.1) is 0 Å². The Morgan fingerprint density at radius 1 is 0.500 bits per heavy atom. The van der Waals surface area contributed by atoms with Crippen molar-refractivity contribution in [3.05, 3.63) is 0 Å². The van der Waals surface area contributed by atoms with Crippen LogP contribution >= 0.6 is 0 Å². The highest BCUT2D eigenvalue weighted by atomic mass is 16.1. The van der Waals surface area contributed by atoms with Crippen LogP contribution in [-0.2, 0) is 4.79 Å². The Kier molecular flexibility index (Phi) is 127. The summed E-state index contributed by atoms with van der Waals surface area (Å²) in [5.41, 5.74) is 0. The molecule has 24 heavy (non-hydrogen) atoms. The normalized spacial score (nSPS) is 7.29. The van der Waals surface area contributed by atoms with Crippen LogP contribution in [0.25, 0.3) is 0 Å². The van der Waals surface area contributed by atoms with Crippen LogP contribution in [0.5, 0.6) is 0 Å². The zero-order valence-corrected chi connectivity index (χ0v) is 19.8. The third-order valence-corrected chi connectivity index (χ3v) is 2.46. The Balaban J connectivity index is -0.0000000438. The molecule has 0 fully saturated rings. The highest BCUT2D eigenvalue weighted by molar-refractivity contribution is 5.44. The second kappa shape index (κ2) is 78.2. The number of unbranched alkanes of at least 4 members (excludes halogenated alkanes) is 7. The summed E-state index contributed by atoms with van der Waals surface area (Å²) in [6.07, 6.45) is 15.8. The maximum Gasteiger partial charge on any atom is 0.116 e. The Bertz CT molecular complexity index is 96.6. The van der Waals surface area contributed by atoms with Crippen LogP contribution in [-0.4, -0.2) is 6.29 Å². The summed E-state index contributed by atoms with van der Waals surface area (Å²) in [5.74, 6) is 0. The standard InChI is InChI=1S/C8H18.2C4H10.C3H8.C2H4O.C2H6/c1-3-5-7-8-6-4-2;2*1-3-4-2;1-3-2;1-2-3;1-2/h3-8H2,1-2H3;2*3-4H2,1-2H3;3H2,1-2H3;2H,1H3;1-2H3. The highest BCUT2D eigenvalue weighted by Crippen LogP contribution is 2.03. The fourth-order valence-electron chi connectivity index (χ4n) is 0.854. The fourth-order valence-corrected chi connectivity index (χ4v) is 0.854. The Morgan fingerprint density at radius 2 is 0.667 bits per heavy atom. The highest BCUT2D eigenvalue weighted by Gasteiger charge is 1.83. The maximum absolute atomic E-state index is 8.81. The number of hydrogen-bond acceptors (Lipinski definition) is 1. The zero-order chi connectivity index (χ0) is 20.5. The molecule has 0 heterocycles. The van der Waals surface area contributed by atoms with Crippen molar-refractivity contribution >= 4 is 6.29 Å². The van der Waals surface area contributed by atoms with E-state index in [4.69, 9.17) is 4.79 Å². The van der Waals surface area contributed by atoms with Crippen molar-refractivity contribution in [3.8, 4) is 0 Å². The lowest BCUT2D eigenvalue weighted by Gasteiger charge is -1.93. The van der Waals surface area contributed by atoms with E-state index >= 15 is 0 Å². The molecule has 0 aromatic rings. The first kappa shape index (κ1) is 39.0. The zero-order valence-electron chi connectivity index (χ0n) is 19.8. The van der Waals surface area contributed by atoms with E-state index < -0.39 is 0 Å². The Morgan fingerprint density at radius 3 is 0.750 bits per heavy atom. The number of rotatable bonds is 7. The number of hydrogen-bond donors (Lipinski definition) is 0. The Labute approximate surface area is 158 Å². The maximum atomic E-state index is 8.81. The molecule has 0 bridgehead atoms. The van der Waals surface area contributed by atoms with Crippen molar-refractivity contribution < 1.29 is 4.79 Å². The molecule has 0 aromatic heterocycles. The first-order valence-electron chi connectivity index (χ1n) is 11.0. The van der Waals surface area contributed by atoms with Gasteiger partial charge in [0.25, 0.3) is 0 Å². The van der Waals surface area contributed by atoms with Gasteiger partial charge in [0.2, 0.25) is 0 Å². The first-order chi connectivity index (χ1) is 11.6. The van der Waals surface area contributed by atoms with E-state index in [2.05, 4.69) is 55.4 Å². The van der Waals surface area contributed by atoms with Crippen molar-refractivity contribution in [3.63, 3.8) is 0 Å². The van der Waals surface area contributed by atoms with Gasteiger partial charge in [-0.05, 0) is 6.92 Å². The van der Waals surface area contributed by atoms with Gasteiger partial charge in [-0.3, -0.25) is 0 Å². The largest absolute Gasteiger partial charge is 0.304 e. The van der Waals surface area contributed by atoms with E-state index in [-0.39, 0.29) is 0 Å². The summed E-state index contributed by atoms with van der Waals surface area (Å²) in [5, 5.41) is 0. The number of carbonyl (C=O) groups is 1. The van der Waals surface area contributed by atoms with Gasteiger partial charge in [-0.15, -0.1) is 0 Å². The van der Waals surface area contributed by atoms with Crippen LogP contribution < -0.4 is 0 Å². The van der Waals surface area contributed by atoms with Gasteiger partial charge in [0, 0.05) is 0 Å². The lowest BCUT2D eigenvalue weighted by Crippen LogP contribution is -1.73. The van der Waals surface area contributed by atoms with Crippen LogP contribution in [0.4, 0.5) is 0 Å². The quantitative estimate of drug-likeness (QED) is 0.330. The summed E-state index contributed by atoms with van der Waals surface area (Å²) in [4.78, 5) is 8.81. The molecule has 0 aliphatic carbocycles. The van der Waals surface area contributed by atoms with Crippen molar-refractivity contribution in [2.24, 2.45) is 0 Å². The lowest BCUT2D eigenvalue weighted by atomic mass is 10.1. The van der Waals surface area contributed by atoms with Crippen molar-refractivity contribution in [1.29, 1.82) is 0 Å². The summed E-state index contributed by atoms with van der Waals surface area (Å²) < 4.78 is 0. The second-order valence-corrected chi connectivity index (χ2v) is 5.36. The first-order valence-corrected chi connectivity index (χ1v) is 11.0. The Hall–Kier alpha value is -0.330. The van der Waals surface area contributed by atoms with Crippen LogP contribution in [0.15, 0.2) is 0 Å². The van der Waals surface area contributed by atoms with Crippen LogP contribution in [0.1, 0.15) is 147 Å². The van der Waals surface area contributed by atoms with Crippen LogP contribution in [0.2, 0.25) is 0 Å². The minimum atomic E-state index is 0.750. The summed E-state index contributed by atoms with van der Waals surface area (Å²) in [7, 11) is 0. The molecule has 0 rings (SSSR count). The average molecular weight is 349 g/mol. The number of aldehydes is 1. The van der Waals surface area contributed by atoms with E-state index in [1.54, 1.807) is 0 Å². The molecule has 0 radical (unpaired) electrons. The van der Waals surface area contributed by atoms with E-state index in [0.717, 1.165) is 6.29 Å². The van der Waals surface area contributed by atoms with Gasteiger partial charge >= 0.3 is 0 Å². The second-order valence-electron chi connectivity index (χ2n) is 5.36. The summed E-state index contributed by atoms with van der Waals surface area (Å²) >= 11 is 0. The third-order valence-electron chi connectivity index (χ3n) is 2.46. The molecule has 0 saturated carbocycles. The SMILES string of the molecule is CC.CC=O.CCC.CCCC.CCCC.CCCCCCCC. The number of carbonyl (C=O) groups excluding carboxylic acids is 1. The minimum Gasteiger partial charge on any atom is -0.304 e. The molecular weight excluding hydrogens is 292 g/mol. The predicted octanol–water partition coefficient (Wildman–Crippen LogP) is 9.63. The van der Waals surface area contributed by atoms with E-state index in [1.165, 1.54) is 77.6 Å². The lowest BCUT2D eigenvalue weighted by molar-refractivity contribution is -0.106. The minimum absolute atomic E-state index is 0.750. The van der Waals surface area contributed by atoms with Gasteiger partial charge in [0.05, 0.1) is 0 Å². The smallest absolute Gasteiger partial charge is 0.116 e. The molecular formula is C23H56O. The molecule has 0 unspecified atom stereocenters. The van der Waals surface area contributed by atoms with Gasteiger partial charge in [-0.25, -0.2) is 0 Å². The molecule has 0 aliphatic heterocycles. The topological polar surface area (TPSA) is 17.1 Å². The molecule has 1 heteroatoms. The average Bonchev–Trinajstić information content (AvgIpc) is 2.62. The van der Waals surface area contributed by atoms with Gasteiger partial charge in [0.1, 0.15) is 6.29 Å². The summed E-state index contributed by atoms with van der Waals surface area (Å²) in [6, 6.07) is 0. The molecule has 1 nitrogen and oxygen atoms in total. The van der Waals surface area contributed by atoms with Gasteiger partial charge in [-0.1, -0.05) is 140 Å². The molecule has 0 aromatic carbocycles. The molecule has 0 aliphatic rings. The molecule has 0 saturated heterocycles. The molecule has 0 spiro atoms. The molecule has 0 N–H and O–H groups in total. The summed E-state index contributed by atoms with van der Waals surface area (Å²) in [6.45, 7) is 22.9. The third kappa shape index (κ3) is 208. The van der Waals surface area contributed by atoms with Crippen LogP contribution in [0.3, 0.4) is 0 Å². The predicted molar refractivity (Wildman–Crippen MR) is 119 cm³/mol. The van der Waals surface area contributed by atoms with Gasteiger partial charge < -0.3 is 4.79 Å². The molecule has 154 valence electrons. The van der Waals surface area contributed by atoms with Gasteiger partial charge in [-0.2, -0.15) is 0 Å². The van der Waals surface area contributed by atoms with E-state index in [0.29, 0.717) is 0 Å². The van der Waals surface area contributed by atoms with Crippen molar-refractivity contribution in [2.75, 3.05) is 0 Å². The van der Waals surface area contributed by atoms with Crippen molar-refractivity contribution in [2.45, 2.75) is 147 Å². The van der Waals surface area contributed by atoms with E-state index in [9.17, 15) is 0 Å².